The van der Waals surface area contributed by atoms with Gasteiger partial charge in [0, 0.05) is 0 Å². The van der Waals surface area contributed by atoms with Crippen molar-refractivity contribution in [2.45, 2.75) is 0 Å². The molecule has 0 unspecified atom stereocenters. The van der Waals surface area contributed by atoms with E-state index in [9.17, 15) is 4.89 Å². The fourth-order valence-corrected chi connectivity index (χ4v) is 14.4. The molecule has 3 nitrogen and oxygen atoms in total. The van der Waals surface area contributed by atoms with Crippen molar-refractivity contribution in [3.63, 3.8) is 0 Å². The maximum absolute atomic E-state index is 11.6. The number of hydrogen-bond donors (Lipinski definition) is 1. The van der Waals surface area contributed by atoms with Gasteiger partial charge >= 0.3 is 205 Å². The van der Waals surface area contributed by atoms with E-state index in [-0.39, 0.29) is 0 Å². The average molecular weight is 510 g/mol. The van der Waals surface area contributed by atoms with E-state index in [0.29, 0.717) is 0 Å². The zero-order valence-electron chi connectivity index (χ0n) is 20.2. The van der Waals surface area contributed by atoms with E-state index in [1.165, 1.54) is 0 Å². The molecule has 0 bridgehead atoms. The standard InChI is InChI=1S/C28H33O3P3/c1-33(2,25-17-9-5-10-18-25,26-19-11-6-12-20-26)30-32(29)31-34(3,4,27-21-13-7-14-22-27)28-23-15-8-16-24-28/h5-24,29H,1-4H3. The minimum absolute atomic E-state index is 1.07. The second-order valence-corrected chi connectivity index (χ2v) is 21.6. The summed E-state index contributed by atoms with van der Waals surface area (Å²) in [5, 5.41) is 4.27. The van der Waals surface area contributed by atoms with Crippen molar-refractivity contribution in [1.29, 1.82) is 0 Å². The fraction of sp³-hybridized carbons (Fsp3) is 0.143. The van der Waals surface area contributed by atoms with Gasteiger partial charge in [0.15, 0.2) is 0 Å². The third-order valence-corrected chi connectivity index (χ3v) is 18.9. The van der Waals surface area contributed by atoms with Crippen LogP contribution in [0.5, 0.6) is 0 Å². The zero-order chi connectivity index (χ0) is 24.3. The first-order valence-corrected chi connectivity index (χ1v) is 18.5. The van der Waals surface area contributed by atoms with Crippen molar-refractivity contribution in [2.24, 2.45) is 0 Å². The summed E-state index contributed by atoms with van der Waals surface area (Å²) in [5.41, 5.74) is 0. The normalized spacial score (nSPS) is 15.4. The molecule has 34 heavy (non-hydrogen) atoms. The van der Waals surface area contributed by atoms with Gasteiger partial charge in [-0.3, -0.25) is 0 Å². The molecule has 6 heteroatoms. The van der Waals surface area contributed by atoms with Crippen LogP contribution in [0.25, 0.3) is 0 Å². The van der Waals surface area contributed by atoms with Gasteiger partial charge in [-0.1, -0.05) is 0 Å². The molecule has 0 aromatic heterocycles. The maximum atomic E-state index is 11.6. The summed E-state index contributed by atoms with van der Waals surface area (Å²) in [6.45, 7) is 2.08. The quantitative estimate of drug-likeness (QED) is 0.296. The van der Waals surface area contributed by atoms with Crippen LogP contribution in [-0.2, 0) is 8.62 Å². The third-order valence-electron chi connectivity index (χ3n) is 6.66. The summed E-state index contributed by atoms with van der Waals surface area (Å²) < 4.78 is 13.5. The van der Waals surface area contributed by atoms with Gasteiger partial charge in [-0.05, 0) is 0 Å². The molecule has 178 valence electrons. The summed E-state index contributed by atoms with van der Waals surface area (Å²) in [6.07, 6.45) is 0. The van der Waals surface area contributed by atoms with Crippen LogP contribution in [0.3, 0.4) is 0 Å². The van der Waals surface area contributed by atoms with Crippen molar-refractivity contribution in [2.75, 3.05) is 26.7 Å². The van der Waals surface area contributed by atoms with Crippen molar-refractivity contribution < 1.29 is 13.5 Å². The summed E-state index contributed by atoms with van der Waals surface area (Å²) in [7, 11) is -2.23. The van der Waals surface area contributed by atoms with Crippen LogP contribution in [0.15, 0.2) is 121 Å². The van der Waals surface area contributed by atoms with Gasteiger partial charge in [-0.25, -0.2) is 0 Å². The van der Waals surface area contributed by atoms with Gasteiger partial charge in [-0.2, -0.15) is 0 Å². The molecule has 0 atom stereocenters. The second kappa shape index (κ2) is 9.25. The van der Waals surface area contributed by atoms with Crippen LogP contribution < -0.4 is 21.2 Å². The molecule has 0 amide bonds. The molecular weight excluding hydrogens is 477 g/mol. The Morgan fingerprint density at radius 2 is 0.647 bits per heavy atom. The van der Waals surface area contributed by atoms with Gasteiger partial charge in [-0.15, -0.1) is 0 Å². The summed E-state index contributed by atoms with van der Waals surface area (Å²) in [4.78, 5) is 11.6. The molecule has 0 spiro atoms. The van der Waals surface area contributed by atoms with E-state index in [1.54, 1.807) is 0 Å². The number of hydrogen-bond acceptors (Lipinski definition) is 3. The van der Waals surface area contributed by atoms with Crippen molar-refractivity contribution in [3.05, 3.63) is 121 Å². The van der Waals surface area contributed by atoms with E-state index in [4.69, 9.17) is 8.62 Å². The van der Waals surface area contributed by atoms with Crippen LogP contribution >= 0.6 is 22.3 Å². The molecule has 1 N–H and O–H groups in total. The van der Waals surface area contributed by atoms with E-state index >= 15 is 0 Å². The Morgan fingerprint density at radius 1 is 0.441 bits per heavy atom. The third kappa shape index (κ3) is 4.62. The fourth-order valence-electron chi connectivity index (χ4n) is 4.37. The Hall–Kier alpha value is -1.95. The second-order valence-electron chi connectivity index (χ2n) is 9.75. The van der Waals surface area contributed by atoms with E-state index in [2.05, 4.69) is 75.2 Å². The monoisotopic (exact) mass is 510 g/mol. The van der Waals surface area contributed by atoms with Crippen LogP contribution in [0.2, 0.25) is 0 Å². The zero-order valence-corrected chi connectivity index (χ0v) is 22.8. The summed E-state index contributed by atoms with van der Waals surface area (Å²) >= 11 is 0. The van der Waals surface area contributed by atoms with E-state index < -0.39 is 22.3 Å². The Kier molecular flexibility index (Phi) is 6.84. The first kappa shape index (κ1) is 25.2. The van der Waals surface area contributed by atoms with Gasteiger partial charge in [0.25, 0.3) is 0 Å². The Labute approximate surface area is 204 Å². The minimum atomic E-state index is -3.23. The number of benzene rings is 4. The molecule has 4 rings (SSSR count). The topological polar surface area (TPSA) is 38.7 Å². The first-order valence-electron chi connectivity index (χ1n) is 11.3. The van der Waals surface area contributed by atoms with Crippen LogP contribution in [0, 0.1) is 0 Å². The molecule has 4 aromatic carbocycles. The van der Waals surface area contributed by atoms with Gasteiger partial charge in [0.1, 0.15) is 0 Å². The molecule has 0 radical (unpaired) electrons. The molecule has 0 saturated carbocycles. The van der Waals surface area contributed by atoms with Gasteiger partial charge < -0.3 is 0 Å². The van der Waals surface area contributed by atoms with Crippen molar-refractivity contribution >= 4 is 43.5 Å². The molecule has 0 aliphatic heterocycles. The van der Waals surface area contributed by atoms with E-state index in [1.807, 2.05) is 72.8 Å². The van der Waals surface area contributed by atoms with Crippen molar-refractivity contribution in [1.82, 2.24) is 0 Å². The van der Waals surface area contributed by atoms with Crippen LogP contribution in [0.4, 0.5) is 0 Å². The molecule has 0 saturated heterocycles. The van der Waals surface area contributed by atoms with Gasteiger partial charge in [0.2, 0.25) is 0 Å². The van der Waals surface area contributed by atoms with Crippen LogP contribution in [-0.4, -0.2) is 31.6 Å². The molecule has 0 heterocycles. The molecule has 4 aromatic rings. The Balaban J connectivity index is 1.80. The summed E-state index contributed by atoms with van der Waals surface area (Å²) in [5.74, 6) is 0. The first-order chi connectivity index (χ1) is 16.1. The molecule has 0 aliphatic rings. The molecular formula is C28H33O3P3. The summed E-state index contributed by atoms with van der Waals surface area (Å²) in [6, 6.07) is 40.8. The average Bonchev–Trinajstić information content (AvgIpc) is 2.86. The number of rotatable bonds is 8. The predicted octanol–water partition coefficient (Wildman–Crippen LogP) is 6.00. The molecule has 0 aliphatic carbocycles. The van der Waals surface area contributed by atoms with E-state index in [0.717, 1.165) is 21.2 Å². The van der Waals surface area contributed by atoms with Crippen molar-refractivity contribution in [3.8, 4) is 0 Å². The van der Waals surface area contributed by atoms with Gasteiger partial charge in [0.05, 0.1) is 0 Å². The Bertz CT molecular complexity index is 1050. The Morgan fingerprint density at radius 3 is 0.853 bits per heavy atom. The SMILES string of the molecule is CP(C)(OP(O)OP(C)(C)(c1ccccc1)c1ccccc1)(c1ccccc1)c1ccccc1. The molecule has 0 fully saturated rings. The predicted molar refractivity (Wildman–Crippen MR) is 153 cm³/mol. The van der Waals surface area contributed by atoms with Crippen LogP contribution in [0.1, 0.15) is 0 Å².